The third-order valence-corrected chi connectivity index (χ3v) is 8.86. The van der Waals surface area contributed by atoms with Crippen LogP contribution in [0.2, 0.25) is 0 Å². The first kappa shape index (κ1) is 42.0. The zero-order valence-corrected chi connectivity index (χ0v) is 31.6. The van der Waals surface area contributed by atoms with E-state index >= 15 is 0 Å². The lowest BCUT2D eigenvalue weighted by Crippen LogP contribution is -2.58. The number of primary amides is 2. The molecule has 0 heterocycles. The van der Waals surface area contributed by atoms with Crippen molar-refractivity contribution in [3.63, 3.8) is 0 Å². The number of halogens is 1. The Kier molecular flexibility index (Phi) is 16.7. The Morgan fingerprint density at radius 2 is 1.21 bits per heavy atom. The molecule has 284 valence electrons. The van der Waals surface area contributed by atoms with Crippen molar-refractivity contribution < 1.29 is 28.8 Å². The van der Waals surface area contributed by atoms with E-state index in [4.69, 9.17) is 22.9 Å². The van der Waals surface area contributed by atoms with E-state index in [1.54, 1.807) is 0 Å². The van der Waals surface area contributed by atoms with Gasteiger partial charge >= 0.3 is 6.03 Å². The fourth-order valence-electron chi connectivity index (χ4n) is 5.51. The summed E-state index contributed by atoms with van der Waals surface area (Å²) in [7, 11) is 0. The van der Waals surface area contributed by atoms with Crippen molar-refractivity contribution in [1.29, 1.82) is 0 Å². The Hall–Kier alpha value is -5.46. The number of rotatable bonds is 20. The molecule has 0 aliphatic carbocycles. The molecule has 0 bridgehead atoms. The fraction of sp³-hybridized carbons (Fsp3) is 0.361. The highest BCUT2D eigenvalue weighted by Gasteiger charge is 2.31. The van der Waals surface area contributed by atoms with Crippen LogP contribution in [0, 0.1) is 3.57 Å². The molecule has 17 heteroatoms. The van der Waals surface area contributed by atoms with Crippen molar-refractivity contribution in [3.8, 4) is 0 Å². The average Bonchev–Trinajstić information content (AvgIpc) is 3.10. The largest absolute Gasteiger partial charge is 0.370 e. The van der Waals surface area contributed by atoms with Crippen molar-refractivity contribution in [3.05, 3.63) is 81.4 Å². The number of carbonyl (C=O) groups excluding carboxylic acids is 6. The normalized spacial score (nSPS) is 13.0. The molecule has 3 rings (SSSR count). The van der Waals surface area contributed by atoms with E-state index in [2.05, 4.69) is 54.2 Å². The van der Waals surface area contributed by atoms with Crippen LogP contribution < -0.4 is 49.5 Å². The maximum Gasteiger partial charge on any atom is 0.312 e. The molecule has 0 aliphatic heterocycles. The van der Waals surface area contributed by atoms with E-state index in [0.717, 1.165) is 19.9 Å². The van der Waals surface area contributed by atoms with Gasteiger partial charge in [-0.2, -0.15) is 0 Å². The van der Waals surface area contributed by atoms with Gasteiger partial charge in [0.1, 0.15) is 24.2 Å². The summed E-state index contributed by atoms with van der Waals surface area (Å²) in [5, 5.41) is 15.1. The van der Waals surface area contributed by atoms with Gasteiger partial charge < -0.3 is 49.5 Å². The van der Waals surface area contributed by atoms with Crippen LogP contribution in [0.3, 0.4) is 0 Å². The number of carbonyl (C=O) groups is 6. The van der Waals surface area contributed by atoms with Gasteiger partial charge in [-0.15, -0.1) is 0 Å². The minimum Gasteiger partial charge on any atom is -0.370 e. The van der Waals surface area contributed by atoms with Crippen LogP contribution >= 0.6 is 22.6 Å². The maximum atomic E-state index is 14.0. The van der Waals surface area contributed by atoms with Gasteiger partial charge in [0.2, 0.25) is 29.5 Å². The lowest BCUT2D eigenvalue weighted by Gasteiger charge is -2.26. The number of fused-ring (bicyclic) bond motifs is 1. The molecule has 0 fully saturated rings. The quantitative estimate of drug-likeness (QED) is 0.0327. The molecular formula is C36H47IN10O6. The summed E-state index contributed by atoms with van der Waals surface area (Å²) in [6.45, 7) is 1.60. The summed E-state index contributed by atoms with van der Waals surface area (Å²) in [6.07, 6.45) is 0.898. The Bertz CT molecular complexity index is 1780. The summed E-state index contributed by atoms with van der Waals surface area (Å²) in [5.41, 5.74) is 23.2. The van der Waals surface area contributed by atoms with Crippen molar-refractivity contribution in [2.45, 2.75) is 69.6 Å². The van der Waals surface area contributed by atoms with Crippen molar-refractivity contribution in [2.75, 3.05) is 13.1 Å². The second-order valence-corrected chi connectivity index (χ2v) is 13.7. The standard InChI is InChI=1S/C36H47IN10O6/c1-21(48)44-29(19-22-11-14-26(37)15-12-22)33(51)46-28(9-5-16-42-35(39)40)32(50)47-30(20-23-10-13-24-6-2-3-7-25(24)18-23)34(52)45-27(31(38)49)8-4-17-43-36(41)53/h2-3,6-7,10-15,18,27-30H,4-5,8-9,16-17,19-20H2,1H3,(H2,38,49)(H,44,48)(H,45,52)(H,46,51)(H,47,50)(H4,39,40,42)(H3,41,43,53)/t27-,28-,29+,30-/m0/s1. The Balaban J connectivity index is 1.89. The van der Waals surface area contributed by atoms with E-state index < -0.39 is 59.7 Å². The molecule has 3 aromatic rings. The van der Waals surface area contributed by atoms with Crippen LogP contribution in [0.15, 0.2) is 71.7 Å². The molecule has 0 unspecified atom stereocenters. The molecule has 3 aromatic carbocycles. The Morgan fingerprint density at radius 1 is 0.660 bits per heavy atom. The molecule has 0 aliphatic rings. The smallest absolute Gasteiger partial charge is 0.312 e. The van der Waals surface area contributed by atoms with Crippen LogP contribution in [0.4, 0.5) is 4.79 Å². The molecule has 0 saturated heterocycles. The predicted molar refractivity (Wildman–Crippen MR) is 210 cm³/mol. The lowest BCUT2D eigenvalue weighted by molar-refractivity contribution is -0.134. The molecule has 0 radical (unpaired) electrons. The number of aliphatic imine (C=N–C) groups is 1. The van der Waals surface area contributed by atoms with Gasteiger partial charge in [0.25, 0.3) is 0 Å². The number of nitrogens with one attached hydrogen (secondary N) is 5. The highest BCUT2D eigenvalue weighted by Crippen LogP contribution is 2.17. The number of hydrogen-bond donors (Lipinski definition) is 9. The third-order valence-electron chi connectivity index (χ3n) is 8.14. The summed E-state index contributed by atoms with van der Waals surface area (Å²) in [5.74, 6) is -3.39. The monoisotopic (exact) mass is 842 g/mol. The van der Waals surface area contributed by atoms with Gasteiger partial charge in [0.15, 0.2) is 5.96 Å². The SMILES string of the molecule is CC(=O)N[C@H](Cc1ccc(I)cc1)C(=O)N[C@@H](CCCN=C(N)N)C(=O)N[C@@H](Cc1ccc2ccccc2c1)C(=O)N[C@@H](CCCNC(N)=O)C(N)=O. The zero-order chi connectivity index (χ0) is 38.9. The van der Waals surface area contributed by atoms with Crippen LogP contribution in [-0.4, -0.2) is 78.8 Å². The number of benzene rings is 3. The minimum absolute atomic E-state index is 0.0209. The molecular weight excluding hydrogens is 795 g/mol. The number of guanidine groups is 1. The van der Waals surface area contributed by atoms with Crippen LogP contribution in [0.1, 0.15) is 43.7 Å². The molecule has 0 saturated carbocycles. The number of nitrogens with zero attached hydrogens (tertiary/aromatic N) is 1. The first-order chi connectivity index (χ1) is 25.2. The Morgan fingerprint density at radius 3 is 1.83 bits per heavy atom. The maximum absolute atomic E-state index is 14.0. The number of nitrogens with two attached hydrogens (primary N) is 4. The van der Waals surface area contributed by atoms with Crippen molar-refractivity contribution in [1.82, 2.24) is 26.6 Å². The summed E-state index contributed by atoms with van der Waals surface area (Å²) >= 11 is 2.16. The molecule has 53 heavy (non-hydrogen) atoms. The van der Waals surface area contributed by atoms with Crippen LogP contribution in [0.25, 0.3) is 10.8 Å². The minimum atomic E-state index is -1.22. The summed E-state index contributed by atoms with van der Waals surface area (Å²) in [6, 6.07) is 15.4. The first-order valence-corrected chi connectivity index (χ1v) is 18.1. The van der Waals surface area contributed by atoms with Crippen LogP contribution in [-0.2, 0) is 36.8 Å². The highest BCUT2D eigenvalue weighted by molar-refractivity contribution is 14.1. The highest BCUT2D eigenvalue weighted by atomic mass is 127. The lowest BCUT2D eigenvalue weighted by atomic mass is 9.99. The van der Waals surface area contributed by atoms with Gasteiger partial charge in [0, 0.05) is 36.4 Å². The van der Waals surface area contributed by atoms with Gasteiger partial charge in [0.05, 0.1) is 0 Å². The molecule has 4 atom stereocenters. The fourth-order valence-corrected chi connectivity index (χ4v) is 5.87. The van der Waals surface area contributed by atoms with Crippen molar-refractivity contribution >= 4 is 74.9 Å². The second kappa shape index (κ2) is 21.2. The molecule has 13 N–H and O–H groups in total. The van der Waals surface area contributed by atoms with Gasteiger partial charge in [-0.05, 0) is 82.3 Å². The summed E-state index contributed by atoms with van der Waals surface area (Å²) in [4.78, 5) is 81.0. The van der Waals surface area contributed by atoms with E-state index in [-0.39, 0.29) is 57.6 Å². The number of urea groups is 1. The van der Waals surface area contributed by atoms with E-state index in [0.29, 0.717) is 5.56 Å². The predicted octanol–water partition coefficient (Wildman–Crippen LogP) is 0.176. The molecule has 0 spiro atoms. The van der Waals surface area contributed by atoms with E-state index in [1.807, 2.05) is 66.7 Å². The van der Waals surface area contributed by atoms with Crippen LogP contribution in [0.5, 0.6) is 0 Å². The molecule has 0 aromatic heterocycles. The van der Waals surface area contributed by atoms with Crippen molar-refractivity contribution in [2.24, 2.45) is 27.9 Å². The number of hydrogen-bond acceptors (Lipinski definition) is 7. The van der Waals surface area contributed by atoms with E-state index in [9.17, 15) is 28.8 Å². The second-order valence-electron chi connectivity index (χ2n) is 12.4. The Labute approximate surface area is 321 Å². The zero-order valence-electron chi connectivity index (χ0n) is 29.4. The number of amides is 7. The third kappa shape index (κ3) is 15.0. The first-order valence-electron chi connectivity index (χ1n) is 17.0. The molecule has 16 nitrogen and oxygen atoms in total. The topological polar surface area (TPSA) is 279 Å². The van der Waals surface area contributed by atoms with Gasteiger partial charge in [-0.25, -0.2) is 4.79 Å². The van der Waals surface area contributed by atoms with Gasteiger partial charge in [-0.1, -0.05) is 54.6 Å². The average molecular weight is 843 g/mol. The van der Waals surface area contributed by atoms with Gasteiger partial charge in [-0.3, -0.25) is 29.0 Å². The van der Waals surface area contributed by atoms with E-state index in [1.165, 1.54) is 6.92 Å². The molecule has 7 amide bonds. The summed E-state index contributed by atoms with van der Waals surface area (Å²) < 4.78 is 0.994.